The second kappa shape index (κ2) is 8.58. The van der Waals surface area contributed by atoms with Gasteiger partial charge in [-0.2, -0.15) is 0 Å². The Hall–Kier alpha value is -3.32. The average molecular weight is 399 g/mol. The lowest BCUT2D eigenvalue weighted by Gasteiger charge is -2.12. The summed E-state index contributed by atoms with van der Waals surface area (Å²) in [6.07, 6.45) is 0. The summed E-state index contributed by atoms with van der Waals surface area (Å²) in [4.78, 5) is 21.3. The van der Waals surface area contributed by atoms with Crippen LogP contribution in [0.15, 0.2) is 48.5 Å². The van der Waals surface area contributed by atoms with E-state index >= 15 is 0 Å². The number of halogens is 1. The van der Waals surface area contributed by atoms with E-state index in [1.54, 1.807) is 50.4 Å². The van der Waals surface area contributed by atoms with Crippen molar-refractivity contribution in [1.82, 2.24) is 9.97 Å². The van der Waals surface area contributed by atoms with E-state index in [-0.39, 0.29) is 11.6 Å². The van der Waals surface area contributed by atoms with Gasteiger partial charge in [0.25, 0.3) is 5.91 Å². The normalized spacial score (nSPS) is 10.3. The van der Waals surface area contributed by atoms with Crippen molar-refractivity contribution in [3.05, 3.63) is 64.9 Å². The van der Waals surface area contributed by atoms with Crippen molar-refractivity contribution in [2.24, 2.45) is 0 Å². The van der Waals surface area contributed by atoms with Crippen molar-refractivity contribution in [2.45, 2.75) is 6.92 Å². The maximum atomic E-state index is 12.7. The number of amides is 1. The zero-order valence-corrected chi connectivity index (χ0v) is 16.4. The molecule has 2 N–H and O–H groups in total. The monoisotopic (exact) mass is 398 g/mol. The van der Waals surface area contributed by atoms with Crippen LogP contribution in [0.2, 0.25) is 5.02 Å². The molecular weight excluding hydrogens is 380 g/mol. The summed E-state index contributed by atoms with van der Waals surface area (Å²) < 4.78 is 10.5. The topological polar surface area (TPSA) is 85.4 Å². The average Bonchev–Trinajstić information content (AvgIpc) is 2.67. The minimum atomic E-state index is -0.386. The van der Waals surface area contributed by atoms with Crippen LogP contribution in [0.4, 0.5) is 17.3 Å². The zero-order valence-electron chi connectivity index (χ0n) is 15.6. The third-order valence-electron chi connectivity index (χ3n) is 3.82. The van der Waals surface area contributed by atoms with Crippen molar-refractivity contribution in [3.8, 4) is 11.5 Å². The molecule has 7 nitrogen and oxygen atoms in total. The second-order valence-corrected chi connectivity index (χ2v) is 6.31. The van der Waals surface area contributed by atoms with Crippen molar-refractivity contribution in [3.63, 3.8) is 0 Å². The first-order chi connectivity index (χ1) is 13.5. The lowest BCUT2D eigenvalue weighted by Crippen LogP contribution is -2.16. The molecule has 1 amide bonds. The fourth-order valence-corrected chi connectivity index (χ4v) is 2.71. The molecule has 3 aromatic rings. The summed E-state index contributed by atoms with van der Waals surface area (Å²) in [6.45, 7) is 1.79. The number of carbonyl (C=O) groups excluding carboxylic acids is 1. The van der Waals surface area contributed by atoms with Gasteiger partial charge in [-0.25, -0.2) is 9.97 Å². The van der Waals surface area contributed by atoms with Gasteiger partial charge in [0.2, 0.25) is 5.95 Å². The van der Waals surface area contributed by atoms with Crippen molar-refractivity contribution >= 4 is 34.8 Å². The van der Waals surface area contributed by atoms with E-state index in [1.807, 2.05) is 12.1 Å². The van der Waals surface area contributed by atoms with Gasteiger partial charge in [0.15, 0.2) is 0 Å². The van der Waals surface area contributed by atoms with E-state index in [9.17, 15) is 4.79 Å². The predicted molar refractivity (Wildman–Crippen MR) is 109 cm³/mol. The highest BCUT2D eigenvalue weighted by Gasteiger charge is 2.14. The van der Waals surface area contributed by atoms with Crippen molar-refractivity contribution in [1.29, 1.82) is 0 Å². The van der Waals surface area contributed by atoms with Crippen LogP contribution in [0.5, 0.6) is 11.5 Å². The molecule has 0 bridgehead atoms. The minimum absolute atomic E-state index is 0.217. The Morgan fingerprint density at radius 2 is 1.86 bits per heavy atom. The first kappa shape index (κ1) is 19.4. The van der Waals surface area contributed by atoms with Gasteiger partial charge in [0, 0.05) is 22.5 Å². The highest BCUT2D eigenvalue weighted by Crippen LogP contribution is 2.29. The SMILES string of the molecule is COc1ccc(NC(=O)c2cc(C)nc(Nc3cccc(Cl)c3)n2)c(OC)c1. The summed E-state index contributed by atoms with van der Waals surface area (Å²) in [5.41, 5.74) is 2.09. The Balaban J connectivity index is 1.83. The van der Waals surface area contributed by atoms with Crippen LogP contribution in [0, 0.1) is 6.92 Å². The lowest BCUT2D eigenvalue weighted by molar-refractivity contribution is 0.102. The number of nitrogens with zero attached hydrogens (tertiary/aromatic N) is 2. The number of aromatic nitrogens is 2. The molecule has 8 heteroatoms. The van der Waals surface area contributed by atoms with Gasteiger partial charge in [-0.15, -0.1) is 0 Å². The van der Waals surface area contributed by atoms with Gasteiger partial charge in [0.1, 0.15) is 17.2 Å². The lowest BCUT2D eigenvalue weighted by atomic mass is 10.2. The van der Waals surface area contributed by atoms with Gasteiger partial charge < -0.3 is 20.1 Å². The highest BCUT2D eigenvalue weighted by atomic mass is 35.5. The van der Waals surface area contributed by atoms with Crippen molar-refractivity contribution < 1.29 is 14.3 Å². The Kier molecular flexibility index (Phi) is 5.96. The number of aryl methyl sites for hydroxylation is 1. The summed E-state index contributed by atoms with van der Waals surface area (Å²) in [7, 11) is 3.08. The van der Waals surface area contributed by atoms with Crippen LogP contribution in [0.25, 0.3) is 0 Å². The smallest absolute Gasteiger partial charge is 0.274 e. The fraction of sp³-hybridized carbons (Fsp3) is 0.150. The second-order valence-electron chi connectivity index (χ2n) is 5.87. The first-order valence-corrected chi connectivity index (χ1v) is 8.78. The molecule has 0 radical (unpaired) electrons. The fourth-order valence-electron chi connectivity index (χ4n) is 2.52. The zero-order chi connectivity index (χ0) is 20.1. The Morgan fingerprint density at radius 3 is 2.57 bits per heavy atom. The first-order valence-electron chi connectivity index (χ1n) is 8.40. The van der Waals surface area contributed by atoms with E-state index < -0.39 is 0 Å². The number of hydrogen-bond acceptors (Lipinski definition) is 6. The third kappa shape index (κ3) is 4.69. The number of anilines is 3. The Morgan fingerprint density at radius 1 is 1.04 bits per heavy atom. The number of carbonyl (C=O) groups is 1. The van der Waals surface area contributed by atoms with Gasteiger partial charge in [-0.05, 0) is 43.3 Å². The molecule has 144 valence electrons. The van der Waals surface area contributed by atoms with Crippen LogP contribution in [0.3, 0.4) is 0 Å². The summed E-state index contributed by atoms with van der Waals surface area (Å²) in [5.74, 6) is 1.02. The largest absolute Gasteiger partial charge is 0.497 e. The van der Waals surface area contributed by atoms with E-state index in [0.717, 1.165) is 5.69 Å². The summed E-state index contributed by atoms with van der Waals surface area (Å²) in [6, 6.07) is 13.9. The molecule has 0 saturated carbocycles. The molecule has 0 aliphatic heterocycles. The van der Waals surface area contributed by atoms with Crippen LogP contribution in [-0.2, 0) is 0 Å². The number of ether oxygens (including phenoxy) is 2. The van der Waals surface area contributed by atoms with Crippen LogP contribution in [0.1, 0.15) is 16.2 Å². The van der Waals surface area contributed by atoms with E-state index in [0.29, 0.717) is 33.9 Å². The number of nitrogens with one attached hydrogen (secondary N) is 2. The molecule has 0 saturated heterocycles. The number of hydrogen-bond donors (Lipinski definition) is 2. The molecule has 0 aliphatic carbocycles. The molecule has 0 unspecified atom stereocenters. The quantitative estimate of drug-likeness (QED) is 0.638. The van der Waals surface area contributed by atoms with Gasteiger partial charge in [-0.3, -0.25) is 4.79 Å². The molecule has 3 rings (SSSR count). The molecule has 2 aromatic carbocycles. The Bertz CT molecular complexity index is 1010. The Labute approximate surface area is 167 Å². The molecule has 0 fully saturated rings. The predicted octanol–water partition coefficient (Wildman–Crippen LogP) is 4.45. The van der Waals surface area contributed by atoms with E-state index in [4.69, 9.17) is 21.1 Å². The maximum Gasteiger partial charge on any atom is 0.274 e. The van der Waals surface area contributed by atoms with Gasteiger partial charge >= 0.3 is 0 Å². The van der Waals surface area contributed by atoms with E-state index in [2.05, 4.69) is 20.6 Å². The highest BCUT2D eigenvalue weighted by molar-refractivity contribution is 6.30. The van der Waals surface area contributed by atoms with Crippen molar-refractivity contribution in [2.75, 3.05) is 24.9 Å². The maximum absolute atomic E-state index is 12.7. The number of methoxy groups -OCH3 is 2. The molecule has 1 aromatic heterocycles. The third-order valence-corrected chi connectivity index (χ3v) is 4.06. The standard InChI is InChI=1S/C20H19ClN4O3/c1-12-9-17(25-20(22-12)23-14-6-4-5-13(21)10-14)19(26)24-16-8-7-15(27-2)11-18(16)28-3/h4-11H,1-3H3,(H,24,26)(H,22,23,25). The van der Waals surface area contributed by atoms with Crippen LogP contribution in [-0.4, -0.2) is 30.1 Å². The molecule has 28 heavy (non-hydrogen) atoms. The molecule has 0 spiro atoms. The van der Waals surface area contributed by atoms with Crippen LogP contribution < -0.4 is 20.1 Å². The summed E-state index contributed by atoms with van der Waals surface area (Å²) in [5, 5.41) is 6.44. The molecule has 0 atom stereocenters. The number of rotatable bonds is 6. The van der Waals surface area contributed by atoms with E-state index in [1.165, 1.54) is 7.11 Å². The van der Waals surface area contributed by atoms with Crippen LogP contribution >= 0.6 is 11.6 Å². The number of benzene rings is 2. The molecule has 1 heterocycles. The van der Waals surface area contributed by atoms with Gasteiger partial charge in [-0.1, -0.05) is 17.7 Å². The minimum Gasteiger partial charge on any atom is -0.497 e. The molecule has 0 aliphatic rings. The summed E-state index contributed by atoms with van der Waals surface area (Å²) >= 11 is 6.00. The van der Waals surface area contributed by atoms with Gasteiger partial charge in [0.05, 0.1) is 19.9 Å². The molecular formula is C20H19ClN4O3.